The minimum Gasteiger partial charge on any atom is -0.497 e. The molecule has 1 amide bonds. The molecule has 0 aliphatic rings. The Morgan fingerprint density at radius 3 is 2.52 bits per heavy atom. The van der Waals surface area contributed by atoms with Crippen LogP contribution in [0.1, 0.15) is 16.1 Å². The van der Waals surface area contributed by atoms with Crippen LogP contribution in [-0.2, 0) is 16.6 Å². The molecular weight excluding hydrogens is 368 g/mol. The molecule has 3 aromatic rings. The van der Waals surface area contributed by atoms with Crippen molar-refractivity contribution in [3.63, 3.8) is 0 Å². The number of hydrogen-bond donors (Lipinski definition) is 2. The predicted octanol–water partition coefficient (Wildman–Crippen LogP) is 3.02. The second-order valence-electron chi connectivity index (χ2n) is 5.62. The molecule has 140 valence electrons. The van der Waals surface area contributed by atoms with Crippen LogP contribution >= 0.6 is 0 Å². The summed E-state index contributed by atoms with van der Waals surface area (Å²) in [6, 6.07) is 15.7. The van der Waals surface area contributed by atoms with E-state index in [1.807, 2.05) is 0 Å². The number of carbonyl (C=O) groups excluding carboxylic acids is 1. The van der Waals surface area contributed by atoms with Crippen molar-refractivity contribution in [1.29, 1.82) is 0 Å². The Morgan fingerprint density at radius 2 is 1.85 bits per heavy atom. The van der Waals surface area contributed by atoms with Crippen LogP contribution in [0.5, 0.6) is 5.75 Å². The first-order valence-electron chi connectivity index (χ1n) is 8.05. The second-order valence-corrected chi connectivity index (χ2v) is 7.31. The number of carbonyl (C=O) groups is 1. The maximum atomic E-state index is 12.5. The van der Waals surface area contributed by atoms with Gasteiger partial charge in [-0.2, -0.15) is 0 Å². The van der Waals surface area contributed by atoms with Gasteiger partial charge in [-0.25, -0.2) is 8.42 Å². The summed E-state index contributed by atoms with van der Waals surface area (Å²) >= 11 is 0. The molecule has 7 nitrogen and oxygen atoms in total. The molecule has 0 spiro atoms. The van der Waals surface area contributed by atoms with E-state index in [0.717, 1.165) is 0 Å². The quantitative estimate of drug-likeness (QED) is 0.650. The lowest BCUT2D eigenvalue weighted by Crippen LogP contribution is -2.22. The maximum absolute atomic E-state index is 12.5. The number of furan rings is 1. The summed E-state index contributed by atoms with van der Waals surface area (Å²) in [5.41, 5.74) is 0.618. The van der Waals surface area contributed by atoms with Gasteiger partial charge in [0.2, 0.25) is 0 Å². The van der Waals surface area contributed by atoms with Crippen LogP contribution in [0, 0.1) is 0 Å². The number of nitrogens with one attached hydrogen (secondary N) is 2. The fourth-order valence-corrected chi connectivity index (χ4v) is 3.43. The van der Waals surface area contributed by atoms with Crippen LogP contribution < -0.4 is 14.8 Å². The molecule has 0 bridgehead atoms. The Bertz CT molecular complexity index is 1010. The first-order chi connectivity index (χ1) is 13.0. The van der Waals surface area contributed by atoms with Crippen molar-refractivity contribution >= 4 is 21.6 Å². The topological polar surface area (TPSA) is 97.6 Å². The molecular formula is C19H18N2O5S. The van der Waals surface area contributed by atoms with E-state index in [1.54, 1.807) is 42.5 Å². The van der Waals surface area contributed by atoms with Gasteiger partial charge in [0.15, 0.2) is 0 Å². The summed E-state index contributed by atoms with van der Waals surface area (Å²) in [5, 5.41) is 2.71. The standard InChI is InChI=1S/C19H18N2O5S/c1-25-16-7-9-18(10-8-16)27(23,24)21-15-5-2-4-14(12-15)19(22)20-13-17-6-3-11-26-17/h2-12,21H,13H2,1H3,(H,20,22). The number of hydrogen-bond acceptors (Lipinski definition) is 5. The highest BCUT2D eigenvalue weighted by molar-refractivity contribution is 7.92. The Hall–Kier alpha value is -3.26. The number of rotatable bonds is 7. The van der Waals surface area contributed by atoms with E-state index in [4.69, 9.17) is 9.15 Å². The summed E-state index contributed by atoms with van der Waals surface area (Å²) in [6.07, 6.45) is 1.52. The van der Waals surface area contributed by atoms with Gasteiger partial charge in [-0.05, 0) is 54.6 Å². The number of ether oxygens (including phenoxy) is 1. The van der Waals surface area contributed by atoms with Crippen LogP contribution in [0.2, 0.25) is 0 Å². The minimum absolute atomic E-state index is 0.0935. The van der Waals surface area contributed by atoms with E-state index in [9.17, 15) is 13.2 Å². The number of anilines is 1. The molecule has 27 heavy (non-hydrogen) atoms. The Balaban J connectivity index is 1.71. The third-order valence-corrected chi connectivity index (χ3v) is 5.15. The van der Waals surface area contributed by atoms with Crippen molar-refractivity contribution in [3.05, 3.63) is 78.3 Å². The monoisotopic (exact) mass is 386 g/mol. The van der Waals surface area contributed by atoms with Crippen molar-refractivity contribution in [2.75, 3.05) is 11.8 Å². The molecule has 0 saturated carbocycles. The molecule has 3 rings (SSSR count). The highest BCUT2D eigenvalue weighted by Gasteiger charge is 2.15. The van der Waals surface area contributed by atoms with Crippen LogP contribution in [0.15, 0.2) is 76.2 Å². The molecule has 2 aromatic carbocycles. The predicted molar refractivity (Wildman–Crippen MR) is 100 cm³/mol. The van der Waals surface area contributed by atoms with E-state index < -0.39 is 10.0 Å². The lowest BCUT2D eigenvalue weighted by atomic mass is 10.2. The van der Waals surface area contributed by atoms with Crippen molar-refractivity contribution < 1.29 is 22.4 Å². The summed E-state index contributed by atoms with van der Waals surface area (Å²) in [6.45, 7) is 0.244. The van der Waals surface area contributed by atoms with Gasteiger partial charge in [0, 0.05) is 11.3 Å². The molecule has 8 heteroatoms. The van der Waals surface area contributed by atoms with E-state index in [2.05, 4.69) is 10.0 Å². The molecule has 2 N–H and O–H groups in total. The van der Waals surface area contributed by atoms with Crippen LogP contribution in [-0.4, -0.2) is 21.4 Å². The van der Waals surface area contributed by atoms with Gasteiger partial charge in [0.05, 0.1) is 24.8 Å². The number of amides is 1. The zero-order chi connectivity index (χ0) is 19.3. The molecule has 1 heterocycles. The Labute approximate surface area is 157 Å². The van der Waals surface area contributed by atoms with Crippen LogP contribution in [0.25, 0.3) is 0 Å². The van der Waals surface area contributed by atoms with Gasteiger partial charge < -0.3 is 14.5 Å². The number of methoxy groups -OCH3 is 1. The van der Waals surface area contributed by atoms with Crippen molar-refractivity contribution in [1.82, 2.24) is 5.32 Å². The third-order valence-electron chi connectivity index (χ3n) is 3.75. The van der Waals surface area contributed by atoms with E-state index >= 15 is 0 Å². The highest BCUT2D eigenvalue weighted by atomic mass is 32.2. The Kier molecular flexibility index (Phi) is 5.46. The summed E-state index contributed by atoms with van der Waals surface area (Å²) < 4.78 is 37.7. The lowest BCUT2D eigenvalue weighted by Gasteiger charge is -2.10. The molecule has 0 atom stereocenters. The first kappa shape index (κ1) is 18.5. The largest absolute Gasteiger partial charge is 0.497 e. The molecule has 0 aliphatic heterocycles. The van der Waals surface area contributed by atoms with Crippen LogP contribution in [0.4, 0.5) is 5.69 Å². The average Bonchev–Trinajstić information content (AvgIpc) is 3.19. The van der Waals surface area contributed by atoms with Gasteiger partial charge in [0.1, 0.15) is 11.5 Å². The third kappa shape index (κ3) is 4.68. The van der Waals surface area contributed by atoms with Crippen molar-refractivity contribution in [3.8, 4) is 5.75 Å². The SMILES string of the molecule is COc1ccc(S(=O)(=O)Nc2cccc(C(=O)NCc3ccco3)c2)cc1. The summed E-state index contributed by atoms with van der Waals surface area (Å²) in [4.78, 5) is 12.3. The molecule has 0 aliphatic carbocycles. The fourth-order valence-electron chi connectivity index (χ4n) is 2.38. The zero-order valence-electron chi connectivity index (χ0n) is 14.5. The normalized spacial score (nSPS) is 11.0. The van der Waals surface area contributed by atoms with E-state index in [1.165, 1.54) is 31.6 Å². The zero-order valence-corrected chi connectivity index (χ0v) is 15.3. The minimum atomic E-state index is -3.78. The molecule has 0 radical (unpaired) electrons. The van der Waals surface area contributed by atoms with Gasteiger partial charge in [-0.3, -0.25) is 9.52 Å². The Morgan fingerprint density at radius 1 is 1.07 bits per heavy atom. The van der Waals surface area contributed by atoms with E-state index in [-0.39, 0.29) is 23.0 Å². The lowest BCUT2D eigenvalue weighted by molar-refractivity contribution is 0.0948. The van der Waals surface area contributed by atoms with Gasteiger partial charge in [0.25, 0.3) is 15.9 Å². The first-order valence-corrected chi connectivity index (χ1v) is 9.54. The number of sulfonamides is 1. The maximum Gasteiger partial charge on any atom is 0.261 e. The molecule has 0 saturated heterocycles. The smallest absolute Gasteiger partial charge is 0.261 e. The molecule has 0 fully saturated rings. The summed E-state index contributed by atoms with van der Waals surface area (Å²) in [5.74, 6) is 0.848. The van der Waals surface area contributed by atoms with Gasteiger partial charge in [-0.15, -0.1) is 0 Å². The summed E-state index contributed by atoms with van der Waals surface area (Å²) in [7, 11) is -2.28. The fraction of sp³-hybridized carbons (Fsp3) is 0.105. The van der Waals surface area contributed by atoms with Gasteiger partial charge in [-0.1, -0.05) is 6.07 Å². The second kappa shape index (κ2) is 7.96. The van der Waals surface area contributed by atoms with Crippen molar-refractivity contribution in [2.24, 2.45) is 0 Å². The van der Waals surface area contributed by atoms with Crippen LogP contribution in [0.3, 0.4) is 0 Å². The van der Waals surface area contributed by atoms with Crippen molar-refractivity contribution in [2.45, 2.75) is 11.4 Å². The average molecular weight is 386 g/mol. The van der Waals surface area contributed by atoms with E-state index in [0.29, 0.717) is 17.1 Å². The number of benzene rings is 2. The van der Waals surface area contributed by atoms with Gasteiger partial charge >= 0.3 is 0 Å². The molecule has 1 aromatic heterocycles. The molecule has 0 unspecified atom stereocenters. The highest BCUT2D eigenvalue weighted by Crippen LogP contribution is 2.20.